The quantitative estimate of drug-likeness (QED) is 0.810. The number of fused-ring (bicyclic) bond motifs is 1. The topological polar surface area (TPSA) is 41.8 Å². The van der Waals surface area contributed by atoms with Gasteiger partial charge in [0.1, 0.15) is 0 Å². The summed E-state index contributed by atoms with van der Waals surface area (Å²) in [4.78, 5) is 3.31. The number of hydrogen-bond acceptors (Lipinski definition) is 1. The molecule has 2 aromatic rings. The summed E-state index contributed by atoms with van der Waals surface area (Å²) in [5.74, 6) is 0. The minimum atomic E-state index is 0. The molecule has 0 aliphatic rings. The number of hydrogen-bond donors (Lipinski definition) is 2. The van der Waals surface area contributed by atoms with Crippen LogP contribution in [0.2, 0.25) is 0 Å². The van der Waals surface area contributed by atoms with Crippen LogP contribution < -0.4 is 5.73 Å². The number of benzene rings is 1. The molecule has 0 spiro atoms. The molecule has 1 heterocycles. The number of aryl methyl sites for hydroxylation is 1. The third-order valence-corrected chi connectivity index (χ3v) is 2.55. The summed E-state index contributed by atoms with van der Waals surface area (Å²) in [7, 11) is 0. The van der Waals surface area contributed by atoms with Gasteiger partial charge in [0.05, 0.1) is 0 Å². The van der Waals surface area contributed by atoms with E-state index < -0.39 is 0 Å². The summed E-state index contributed by atoms with van der Waals surface area (Å²) < 4.78 is 0. The van der Waals surface area contributed by atoms with Crippen molar-refractivity contribution in [1.29, 1.82) is 0 Å². The van der Waals surface area contributed by atoms with Crippen molar-refractivity contribution in [2.45, 2.75) is 26.3 Å². The monoisotopic (exact) mass is 224 g/mol. The number of halogens is 1. The summed E-state index contributed by atoms with van der Waals surface area (Å²) in [6, 6.07) is 6.58. The molecule has 15 heavy (non-hydrogen) atoms. The highest BCUT2D eigenvalue weighted by molar-refractivity contribution is 5.86. The van der Waals surface area contributed by atoms with Gasteiger partial charge in [0.2, 0.25) is 0 Å². The Kier molecular flexibility index (Phi) is 3.77. The van der Waals surface area contributed by atoms with Crippen LogP contribution in [0.25, 0.3) is 10.9 Å². The highest BCUT2D eigenvalue weighted by Crippen LogP contribution is 2.21. The summed E-state index contributed by atoms with van der Waals surface area (Å²) in [5, 5.41) is 1.31. The van der Waals surface area contributed by atoms with Gasteiger partial charge in [0.15, 0.2) is 0 Å². The van der Waals surface area contributed by atoms with E-state index in [1.54, 1.807) is 0 Å². The van der Waals surface area contributed by atoms with E-state index in [2.05, 4.69) is 36.3 Å². The first kappa shape index (κ1) is 12.1. The lowest BCUT2D eigenvalue weighted by Crippen LogP contribution is -2.17. The third kappa shape index (κ3) is 2.33. The van der Waals surface area contributed by atoms with Crippen molar-refractivity contribution in [3.05, 3.63) is 35.5 Å². The van der Waals surface area contributed by atoms with E-state index in [0.717, 1.165) is 6.42 Å². The minimum absolute atomic E-state index is 0. The Morgan fingerprint density at radius 2 is 2.13 bits per heavy atom. The fourth-order valence-corrected chi connectivity index (χ4v) is 1.88. The summed E-state index contributed by atoms with van der Waals surface area (Å²) in [5.41, 5.74) is 9.65. The molecule has 1 aromatic carbocycles. The standard InChI is InChI=1S/C12H16N2.ClH/c1-8-4-3-5-11-10(6-9(2)13)7-14-12(8)11;/h3-5,7,9,14H,6,13H2,1-2H3;1H. The molecular formula is C12H17ClN2. The van der Waals surface area contributed by atoms with Crippen molar-refractivity contribution in [2.24, 2.45) is 5.73 Å². The lowest BCUT2D eigenvalue weighted by molar-refractivity contribution is 0.741. The van der Waals surface area contributed by atoms with Crippen LogP contribution in [0.5, 0.6) is 0 Å². The first-order valence-corrected chi connectivity index (χ1v) is 4.99. The van der Waals surface area contributed by atoms with Crippen molar-refractivity contribution >= 4 is 23.3 Å². The summed E-state index contributed by atoms with van der Waals surface area (Å²) in [6.07, 6.45) is 3.00. The normalized spacial score (nSPS) is 12.5. The zero-order chi connectivity index (χ0) is 10.1. The zero-order valence-corrected chi connectivity index (χ0v) is 9.90. The molecule has 0 aliphatic carbocycles. The maximum Gasteiger partial charge on any atom is 0.0486 e. The van der Waals surface area contributed by atoms with Crippen LogP contribution in [0, 0.1) is 6.92 Å². The fraction of sp³-hybridized carbons (Fsp3) is 0.333. The van der Waals surface area contributed by atoms with Gasteiger partial charge in [0.25, 0.3) is 0 Å². The van der Waals surface area contributed by atoms with Crippen molar-refractivity contribution in [3.8, 4) is 0 Å². The molecule has 0 saturated carbocycles. The molecule has 2 nitrogen and oxygen atoms in total. The van der Waals surface area contributed by atoms with Gasteiger partial charge in [-0.15, -0.1) is 12.4 Å². The molecule has 1 atom stereocenters. The van der Waals surface area contributed by atoms with Crippen LogP contribution in [0.15, 0.2) is 24.4 Å². The zero-order valence-electron chi connectivity index (χ0n) is 9.08. The number of aromatic nitrogens is 1. The SMILES string of the molecule is Cc1cccc2c(CC(C)N)c[nH]c12.Cl. The van der Waals surface area contributed by atoms with Gasteiger partial charge >= 0.3 is 0 Å². The molecule has 0 amide bonds. The van der Waals surface area contributed by atoms with Gasteiger partial charge in [-0.2, -0.15) is 0 Å². The Morgan fingerprint density at radius 3 is 2.80 bits per heavy atom. The van der Waals surface area contributed by atoms with Crippen molar-refractivity contribution < 1.29 is 0 Å². The number of para-hydroxylation sites is 1. The van der Waals surface area contributed by atoms with Crippen LogP contribution in [-0.2, 0) is 6.42 Å². The number of H-pyrrole nitrogens is 1. The summed E-state index contributed by atoms with van der Waals surface area (Å²) >= 11 is 0. The van der Waals surface area contributed by atoms with Gasteiger partial charge in [-0.05, 0) is 31.4 Å². The van der Waals surface area contributed by atoms with Crippen LogP contribution in [0.4, 0.5) is 0 Å². The molecule has 0 aliphatic heterocycles. The first-order valence-electron chi connectivity index (χ1n) is 4.99. The Hall–Kier alpha value is -0.990. The second-order valence-electron chi connectivity index (χ2n) is 3.99. The predicted molar refractivity (Wildman–Crippen MR) is 67.6 cm³/mol. The average molecular weight is 225 g/mol. The average Bonchev–Trinajstić information content (AvgIpc) is 2.49. The van der Waals surface area contributed by atoms with E-state index >= 15 is 0 Å². The minimum Gasteiger partial charge on any atom is -0.361 e. The van der Waals surface area contributed by atoms with Crippen molar-refractivity contribution in [1.82, 2.24) is 4.98 Å². The van der Waals surface area contributed by atoms with Gasteiger partial charge in [-0.1, -0.05) is 18.2 Å². The number of nitrogens with one attached hydrogen (secondary N) is 1. The molecule has 0 bridgehead atoms. The first-order chi connectivity index (χ1) is 6.68. The Morgan fingerprint density at radius 1 is 1.40 bits per heavy atom. The second kappa shape index (κ2) is 4.69. The Balaban J connectivity index is 0.00000112. The highest BCUT2D eigenvalue weighted by Gasteiger charge is 2.06. The van der Waals surface area contributed by atoms with E-state index in [1.807, 2.05) is 6.92 Å². The maximum atomic E-state index is 5.80. The molecule has 82 valence electrons. The summed E-state index contributed by atoms with van der Waals surface area (Å²) in [6.45, 7) is 4.16. The van der Waals surface area contributed by atoms with Gasteiger partial charge in [-0.25, -0.2) is 0 Å². The highest BCUT2D eigenvalue weighted by atomic mass is 35.5. The van der Waals surface area contributed by atoms with Crippen LogP contribution in [-0.4, -0.2) is 11.0 Å². The Bertz CT molecular complexity index is 446. The van der Waals surface area contributed by atoms with E-state index in [-0.39, 0.29) is 18.4 Å². The van der Waals surface area contributed by atoms with E-state index in [9.17, 15) is 0 Å². The van der Waals surface area contributed by atoms with E-state index in [4.69, 9.17) is 5.73 Å². The predicted octanol–water partition coefficient (Wildman–Crippen LogP) is 2.79. The van der Waals surface area contributed by atoms with Crippen molar-refractivity contribution in [3.63, 3.8) is 0 Å². The molecule has 0 fully saturated rings. The molecule has 0 saturated heterocycles. The van der Waals surface area contributed by atoms with Crippen LogP contribution >= 0.6 is 12.4 Å². The molecule has 3 heteroatoms. The van der Waals surface area contributed by atoms with Crippen LogP contribution in [0.3, 0.4) is 0 Å². The number of aromatic amines is 1. The lowest BCUT2D eigenvalue weighted by atomic mass is 10.1. The molecule has 1 aromatic heterocycles. The molecule has 2 rings (SSSR count). The molecule has 3 N–H and O–H groups in total. The Labute approximate surface area is 96.3 Å². The van der Waals surface area contributed by atoms with Crippen molar-refractivity contribution in [2.75, 3.05) is 0 Å². The molecular weight excluding hydrogens is 208 g/mol. The smallest absolute Gasteiger partial charge is 0.0486 e. The van der Waals surface area contributed by atoms with Gasteiger partial charge in [0, 0.05) is 23.1 Å². The second-order valence-corrected chi connectivity index (χ2v) is 3.99. The van der Waals surface area contributed by atoms with E-state index in [0.29, 0.717) is 0 Å². The lowest BCUT2D eigenvalue weighted by Gasteiger charge is -2.03. The molecule has 0 radical (unpaired) electrons. The van der Waals surface area contributed by atoms with E-state index in [1.165, 1.54) is 22.0 Å². The molecule has 1 unspecified atom stereocenters. The number of nitrogens with two attached hydrogens (primary N) is 1. The number of rotatable bonds is 2. The largest absolute Gasteiger partial charge is 0.361 e. The fourth-order valence-electron chi connectivity index (χ4n) is 1.88. The third-order valence-electron chi connectivity index (χ3n) is 2.55. The van der Waals surface area contributed by atoms with Crippen LogP contribution in [0.1, 0.15) is 18.1 Å². The maximum absolute atomic E-state index is 5.80. The van der Waals surface area contributed by atoms with Gasteiger partial charge in [-0.3, -0.25) is 0 Å². The van der Waals surface area contributed by atoms with Gasteiger partial charge < -0.3 is 10.7 Å².